The van der Waals surface area contributed by atoms with Gasteiger partial charge in [0, 0.05) is 12.7 Å². The maximum absolute atomic E-state index is 12.5. The van der Waals surface area contributed by atoms with Gasteiger partial charge < -0.3 is 14.4 Å². The highest BCUT2D eigenvalue weighted by molar-refractivity contribution is 5.72. The van der Waals surface area contributed by atoms with E-state index in [1.165, 1.54) is 0 Å². The molecule has 1 aliphatic carbocycles. The van der Waals surface area contributed by atoms with Crippen LogP contribution in [-0.2, 0) is 9.47 Å². The summed E-state index contributed by atoms with van der Waals surface area (Å²) in [5.74, 6) is 0.781. The highest BCUT2D eigenvalue weighted by Crippen LogP contribution is 2.27. The normalized spacial score (nSPS) is 26.1. The maximum Gasteiger partial charge on any atom is 0.418 e. The first-order chi connectivity index (χ1) is 10.2. The lowest BCUT2D eigenvalue weighted by molar-refractivity contribution is 0.0384. The molecular formula is C16H22N2O3. The van der Waals surface area contributed by atoms with E-state index in [4.69, 9.17) is 9.47 Å². The van der Waals surface area contributed by atoms with Crippen LogP contribution in [0.3, 0.4) is 0 Å². The second kappa shape index (κ2) is 6.35. The number of allylic oxidation sites excluding steroid dienone is 3. The summed E-state index contributed by atoms with van der Waals surface area (Å²) >= 11 is 0. The molecule has 2 aliphatic heterocycles. The van der Waals surface area contributed by atoms with E-state index in [0.717, 1.165) is 50.2 Å². The smallest absolute Gasteiger partial charge is 0.418 e. The van der Waals surface area contributed by atoms with Gasteiger partial charge in [0.05, 0.1) is 5.70 Å². The Bertz CT molecular complexity index is 496. The van der Waals surface area contributed by atoms with Crippen LogP contribution in [-0.4, -0.2) is 48.7 Å². The summed E-state index contributed by atoms with van der Waals surface area (Å²) in [6.45, 7) is 2.37. The van der Waals surface area contributed by atoms with E-state index >= 15 is 0 Å². The molecule has 3 rings (SSSR count). The van der Waals surface area contributed by atoms with Crippen molar-refractivity contribution in [3.63, 3.8) is 0 Å². The molecule has 0 aromatic rings. The highest BCUT2D eigenvalue weighted by atomic mass is 16.6. The maximum atomic E-state index is 12.5. The Labute approximate surface area is 125 Å². The Hall–Kier alpha value is -1.75. The number of likely N-dealkylation sites (N-methyl/N-ethyl adjacent to an activating group) is 1. The number of ether oxygens (including phenoxy) is 2. The Morgan fingerprint density at radius 2 is 2.33 bits per heavy atom. The molecule has 1 unspecified atom stereocenters. The SMILES string of the molecule is CN1CCCC(OC(=O)N2C=CCOC3=C2CCC=C3)C1. The van der Waals surface area contributed by atoms with Crippen molar-refractivity contribution in [1.82, 2.24) is 9.80 Å². The van der Waals surface area contributed by atoms with E-state index in [9.17, 15) is 4.79 Å². The van der Waals surface area contributed by atoms with Crippen LogP contribution < -0.4 is 0 Å². The number of carbonyl (C=O) groups excluding carboxylic acids is 1. The summed E-state index contributed by atoms with van der Waals surface area (Å²) in [5, 5.41) is 0. The number of amides is 1. The minimum absolute atomic E-state index is 0.0167. The van der Waals surface area contributed by atoms with Gasteiger partial charge in [0.1, 0.15) is 18.5 Å². The Balaban J connectivity index is 1.71. The predicted molar refractivity (Wildman–Crippen MR) is 79.3 cm³/mol. The molecule has 1 amide bonds. The summed E-state index contributed by atoms with van der Waals surface area (Å²) in [4.78, 5) is 16.3. The fraction of sp³-hybridized carbons (Fsp3) is 0.562. The molecule has 2 heterocycles. The first-order valence-corrected chi connectivity index (χ1v) is 7.61. The minimum atomic E-state index is -0.292. The second-order valence-electron chi connectivity index (χ2n) is 5.73. The molecule has 0 radical (unpaired) electrons. The molecule has 5 nitrogen and oxygen atoms in total. The molecule has 0 aromatic heterocycles. The third-order valence-corrected chi connectivity index (χ3v) is 4.03. The van der Waals surface area contributed by atoms with Crippen molar-refractivity contribution in [3.8, 4) is 0 Å². The zero-order valence-electron chi connectivity index (χ0n) is 12.5. The first-order valence-electron chi connectivity index (χ1n) is 7.61. The molecule has 5 heteroatoms. The monoisotopic (exact) mass is 290 g/mol. The van der Waals surface area contributed by atoms with Crippen molar-refractivity contribution < 1.29 is 14.3 Å². The van der Waals surface area contributed by atoms with Crippen molar-refractivity contribution in [1.29, 1.82) is 0 Å². The molecule has 1 saturated heterocycles. The van der Waals surface area contributed by atoms with Crippen LogP contribution in [0, 0.1) is 0 Å². The van der Waals surface area contributed by atoms with Crippen LogP contribution in [0.5, 0.6) is 0 Å². The average molecular weight is 290 g/mol. The zero-order valence-corrected chi connectivity index (χ0v) is 12.5. The van der Waals surface area contributed by atoms with Crippen molar-refractivity contribution >= 4 is 6.09 Å². The van der Waals surface area contributed by atoms with Crippen molar-refractivity contribution in [3.05, 3.63) is 35.9 Å². The fourth-order valence-electron chi connectivity index (χ4n) is 2.96. The quantitative estimate of drug-likeness (QED) is 0.744. The molecule has 0 spiro atoms. The van der Waals surface area contributed by atoms with Gasteiger partial charge in [0.2, 0.25) is 0 Å². The molecule has 1 atom stereocenters. The lowest BCUT2D eigenvalue weighted by Crippen LogP contribution is -2.40. The molecule has 3 aliphatic rings. The predicted octanol–water partition coefficient (Wildman–Crippen LogP) is 2.62. The van der Waals surface area contributed by atoms with Gasteiger partial charge in [-0.2, -0.15) is 0 Å². The van der Waals surface area contributed by atoms with Crippen molar-refractivity contribution in [2.75, 3.05) is 26.7 Å². The Morgan fingerprint density at radius 3 is 3.19 bits per heavy atom. The summed E-state index contributed by atoms with van der Waals surface area (Å²) in [6, 6.07) is 0. The summed E-state index contributed by atoms with van der Waals surface area (Å²) in [6.07, 6.45) is 11.1. The number of nitrogens with zero attached hydrogens (tertiary/aromatic N) is 2. The Morgan fingerprint density at radius 1 is 1.43 bits per heavy atom. The van der Waals surface area contributed by atoms with Gasteiger partial charge in [-0.25, -0.2) is 4.79 Å². The molecule has 0 aromatic carbocycles. The molecule has 0 saturated carbocycles. The van der Waals surface area contributed by atoms with Gasteiger partial charge in [-0.1, -0.05) is 6.08 Å². The molecule has 114 valence electrons. The number of carbonyl (C=O) groups is 1. The van der Waals surface area contributed by atoms with Gasteiger partial charge in [0.25, 0.3) is 0 Å². The second-order valence-corrected chi connectivity index (χ2v) is 5.73. The van der Waals surface area contributed by atoms with Crippen LogP contribution in [0.1, 0.15) is 25.7 Å². The third-order valence-electron chi connectivity index (χ3n) is 4.03. The molecule has 0 N–H and O–H groups in total. The zero-order chi connectivity index (χ0) is 14.7. The summed E-state index contributed by atoms with van der Waals surface area (Å²) in [5.41, 5.74) is 0.903. The number of hydrogen-bond acceptors (Lipinski definition) is 4. The van der Waals surface area contributed by atoms with Crippen LogP contribution >= 0.6 is 0 Å². The molecule has 0 bridgehead atoms. The molecular weight excluding hydrogens is 268 g/mol. The van der Waals surface area contributed by atoms with Crippen LogP contribution in [0.4, 0.5) is 4.79 Å². The van der Waals surface area contributed by atoms with Gasteiger partial charge in [0.15, 0.2) is 0 Å². The van der Waals surface area contributed by atoms with E-state index in [0.29, 0.717) is 6.61 Å². The molecule has 1 fully saturated rings. The number of hydrogen-bond donors (Lipinski definition) is 0. The molecule has 21 heavy (non-hydrogen) atoms. The van der Waals surface area contributed by atoms with Crippen molar-refractivity contribution in [2.24, 2.45) is 0 Å². The van der Waals surface area contributed by atoms with Gasteiger partial charge >= 0.3 is 6.09 Å². The van der Waals surface area contributed by atoms with E-state index in [-0.39, 0.29) is 12.2 Å². The van der Waals surface area contributed by atoms with Crippen LogP contribution in [0.2, 0.25) is 0 Å². The van der Waals surface area contributed by atoms with Crippen molar-refractivity contribution in [2.45, 2.75) is 31.8 Å². The lowest BCUT2D eigenvalue weighted by Gasteiger charge is -2.31. The van der Waals surface area contributed by atoms with E-state index in [1.54, 1.807) is 11.1 Å². The van der Waals surface area contributed by atoms with Crippen LogP contribution in [0.25, 0.3) is 0 Å². The van der Waals surface area contributed by atoms with E-state index in [2.05, 4.69) is 18.0 Å². The largest absolute Gasteiger partial charge is 0.488 e. The summed E-state index contributed by atoms with van der Waals surface area (Å²) in [7, 11) is 2.06. The standard InChI is InChI=1S/C16H22N2O3/c1-17-9-4-6-13(12-17)21-16(19)18-10-5-11-20-15-8-3-2-7-14(15)18/h3,5,8,10,13H,2,4,6-7,9,11-12H2,1H3. The number of piperidine rings is 1. The lowest BCUT2D eigenvalue weighted by atomic mass is 10.1. The topological polar surface area (TPSA) is 42.0 Å². The van der Waals surface area contributed by atoms with Gasteiger partial charge in [-0.05, 0) is 51.4 Å². The van der Waals surface area contributed by atoms with E-state index in [1.807, 2.05) is 12.2 Å². The summed E-state index contributed by atoms with van der Waals surface area (Å²) < 4.78 is 11.3. The third kappa shape index (κ3) is 3.29. The van der Waals surface area contributed by atoms with Gasteiger partial charge in [-0.3, -0.25) is 4.90 Å². The fourth-order valence-corrected chi connectivity index (χ4v) is 2.96. The minimum Gasteiger partial charge on any atom is -0.488 e. The van der Waals surface area contributed by atoms with Gasteiger partial charge in [-0.15, -0.1) is 0 Å². The number of rotatable bonds is 1. The first kappa shape index (κ1) is 14.2. The van der Waals surface area contributed by atoms with Crippen LogP contribution in [0.15, 0.2) is 35.9 Å². The average Bonchev–Trinajstić information content (AvgIpc) is 2.69. The van der Waals surface area contributed by atoms with E-state index < -0.39 is 0 Å². The highest BCUT2D eigenvalue weighted by Gasteiger charge is 2.27. The number of likely N-dealkylation sites (tertiary alicyclic amines) is 1. The Kier molecular flexibility index (Phi) is 4.29.